The van der Waals surface area contributed by atoms with E-state index in [-0.39, 0.29) is 72.8 Å². The molecule has 0 aromatic heterocycles. The number of rotatable bonds is 24. The lowest BCUT2D eigenvalue weighted by atomic mass is 9.82. The molecule has 8 aromatic rings. The van der Waals surface area contributed by atoms with Gasteiger partial charge in [-0.25, -0.2) is 36.7 Å². The zero-order valence-electron chi connectivity index (χ0n) is 57.3. The Bertz CT molecular complexity index is 4210. The Labute approximate surface area is 583 Å². The molecule has 16 nitrogen and oxygen atoms in total. The van der Waals surface area contributed by atoms with E-state index in [1.165, 1.54) is 48.5 Å². The largest absolute Gasteiger partial charge is 0.493 e. The summed E-state index contributed by atoms with van der Waals surface area (Å²) in [6.07, 6.45) is 3.56. The summed E-state index contributed by atoms with van der Waals surface area (Å²) in [5, 5.41) is 0. The zero-order chi connectivity index (χ0) is 71.0. The zero-order valence-corrected chi connectivity index (χ0v) is 57.3. The predicted molar refractivity (Wildman–Crippen MR) is 365 cm³/mol. The SMILES string of the molecule is CCC1(COc2ccc(C(=O)Oc3ccc4c(c3)C(C)(C)c3cc(OC(=O)c5ccc(OCC6(CC)COC6)cc5F)ccc3-4)c(F)c2)COC1.CCC1(COc2ccc(C(=O)Oc3ccc4c(c3)C(C)c3cc(OC(=O)c5ccc(OCC6(CC)COC6)cc5F)ccc3-4)c(F)c2)COC1. The van der Waals surface area contributed by atoms with Crippen molar-refractivity contribution in [2.75, 3.05) is 79.3 Å². The summed E-state index contributed by atoms with van der Waals surface area (Å²) < 4.78 is 127. The van der Waals surface area contributed by atoms with Crippen LogP contribution in [0.15, 0.2) is 146 Å². The van der Waals surface area contributed by atoms with Crippen LogP contribution in [0.1, 0.15) is 144 Å². The number of carbonyl (C=O) groups excluding carboxylic acids is 4. The Morgan fingerprint density at radius 1 is 0.347 bits per heavy atom. The molecule has 0 amide bonds. The Kier molecular flexibility index (Phi) is 19.7. The molecule has 4 saturated heterocycles. The molecule has 0 atom stereocenters. The van der Waals surface area contributed by atoms with E-state index in [4.69, 9.17) is 56.8 Å². The van der Waals surface area contributed by atoms with Crippen LogP contribution >= 0.6 is 0 Å². The molecule has 4 fully saturated rings. The molecule has 20 heteroatoms. The molecular weight excluding hydrogens is 1300 g/mol. The first kappa shape index (κ1) is 69.9. The fourth-order valence-electron chi connectivity index (χ4n) is 13.1. The van der Waals surface area contributed by atoms with Crippen LogP contribution in [0.25, 0.3) is 22.3 Å². The maximum Gasteiger partial charge on any atom is 0.346 e. The van der Waals surface area contributed by atoms with E-state index in [2.05, 4.69) is 27.7 Å². The Balaban J connectivity index is 0.000000181. The fraction of sp³-hybridized carbons (Fsp3) is 0.358. The minimum absolute atomic E-state index is 0.0588. The van der Waals surface area contributed by atoms with Crippen LogP contribution in [0.5, 0.6) is 46.0 Å². The second-order valence-electron chi connectivity index (χ2n) is 27.9. The minimum Gasteiger partial charge on any atom is -0.493 e. The summed E-state index contributed by atoms with van der Waals surface area (Å²) in [6, 6.07) is 37.5. The second kappa shape index (κ2) is 28.4. The fourth-order valence-corrected chi connectivity index (χ4v) is 13.1. The van der Waals surface area contributed by atoms with Crippen molar-refractivity contribution in [3.8, 4) is 68.2 Å². The van der Waals surface area contributed by atoms with Crippen LogP contribution in [-0.4, -0.2) is 103 Å². The lowest BCUT2D eigenvalue weighted by Gasteiger charge is -2.40. The summed E-state index contributed by atoms with van der Waals surface area (Å²) in [5.74, 6) is -4.01. The summed E-state index contributed by atoms with van der Waals surface area (Å²) in [5.41, 5.74) is 5.59. The van der Waals surface area contributed by atoms with Gasteiger partial charge in [-0.1, -0.05) is 72.7 Å². The molecule has 4 aliphatic heterocycles. The number of esters is 4. The van der Waals surface area contributed by atoms with E-state index in [1.54, 1.807) is 72.8 Å². The summed E-state index contributed by atoms with van der Waals surface area (Å²) in [7, 11) is 0. The van der Waals surface area contributed by atoms with E-state index >= 15 is 8.78 Å². The third-order valence-electron chi connectivity index (χ3n) is 20.8. The summed E-state index contributed by atoms with van der Waals surface area (Å²) in [6.45, 7) is 20.7. The lowest BCUT2D eigenvalue weighted by Crippen LogP contribution is -2.46. The molecule has 6 aliphatic rings. The number of ether oxygens (including phenoxy) is 12. The first-order valence-corrected chi connectivity index (χ1v) is 34.0. The van der Waals surface area contributed by atoms with Crippen molar-refractivity contribution in [3.63, 3.8) is 0 Å². The second-order valence-corrected chi connectivity index (χ2v) is 27.9. The highest BCUT2D eigenvalue weighted by molar-refractivity contribution is 5.95. The molecule has 0 unspecified atom stereocenters. The lowest BCUT2D eigenvalue weighted by molar-refractivity contribution is -0.133. The molecule has 526 valence electrons. The molecule has 8 aromatic carbocycles. The number of halogens is 4. The van der Waals surface area contributed by atoms with Crippen molar-refractivity contribution in [2.45, 2.75) is 85.5 Å². The Morgan fingerprint density at radius 2 is 0.584 bits per heavy atom. The van der Waals surface area contributed by atoms with Crippen molar-refractivity contribution in [2.24, 2.45) is 21.7 Å². The third kappa shape index (κ3) is 14.3. The highest BCUT2D eigenvalue weighted by atomic mass is 19.1. The van der Waals surface area contributed by atoms with Gasteiger partial charge in [-0.15, -0.1) is 0 Å². The average molecular weight is 1380 g/mol. The molecule has 4 heterocycles. The van der Waals surface area contributed by atoms with Gasteiger partial charge < -0.3 is 56.8 Å². The molecule has 0 bridgehead atoms. The van der Waals surface area contributed by atoms with Gasteiger partial charge in [-0.3, -0.25) is 0 Å². The number of fused-ring (bicyclic) bond motifs is 6. The smallest absolute Gasteiger partial charge is 0.346 e. The normalized spacial score (nSPS) is 17.0. The van der Waals surface area contributed by atoms with Gasteiger partial charge in [0.1, 0.15) is 69.3 Å². The highest BCUT2D eigenvalue weighted by Crippen LogP contribution is 2.52. The standard InChI is InChI=1S/C41H40F2O8.C40H38F2O8/c1-5-40(19-46-20-40)23-48-25-7-13-31(35(42)17-25)37(44)50-27-9-11-29-30-12-10-28(16-34(30)39(3,4)33(29)15-27)51-38(45)32-14-8-26(18-36(32)43)49-24-41(6-2)21-47-22-41;1-4-39(18-45-19-39)22-47-25-6-12-31(35(41)16-25)37(43)49-27-8-10-29-30-11-9-28(15-34(30)24(3)33(29)14-27)50-38(44)32-13-7-26(17-36(32)42)48-23-40(5-2)20-46-21-40/h7-18H,5-6,19-24H2,1-4H3;6-17,24H,4-5,18-23H2,1-3H3. The van der Waals surface area contributed by atoms with Crippen LogP contribution in [0.2, 0.25) is 0 Å². The van der Waals surface area contributed by atoms with Gasteiger partial charge in [0.2, 0.25) is 0 Å². The maximum absolute atomic E-state index is 15.0. The quantitative estimate of drug-likeness (QED) is 0.0316. The summed E-state index contributed by atoms with van der Waals surface area (Å²) >= 11 is 0. The Morgan fingerprint density at radius 3 is 0.812 bits per heavy atom. The van der Waals surface area contributed by atoms with Gasteiger partial charge in [0.05, 0.1) is 123 Å². The Hall–Kier alpha value is -9.60. The molecule has 0 saturated carbocycles. The van der Waals surface area contributed by atoms with Crippen LogP contribution < -0.4 is 37.9 Å². The van der Waals surface area contributed by atoms with E-state index in [1.807, 2.05) is 45.0 Å². The van der Waals surface area contributed by atoms with Crippen LogP contribution in [0.4, 0.5) is 17.6 Å². The first-order chi connectivity index (χ1) is 48.6. The topological polar surface area (TPSA) is 179 Å². The van der Waals surface area contributed by atoms with Crippen molar-refractivity contribution in [1.82, 2.24) is 0 Å². The molecule has 101 heavy (non-hydrogen) atoms. The number of carbonyl (C=O) groups is 4. The molecule has 0 spiro atoms. The predicted octanol–water partition coefficient (Wildman–Crippen LogP) is 16.5. The number of hydrogen-bond donors (Lipinski definition) is 0. The van der Waals surface area contributed by atoms with E-state index in [0.717, 1.165) is 70.2 Å². The number of hydrogen-bond acceptors (Lipinski definition) is 16. The highest BCUT2D eigenvalue weighted by Gasteiger charge is 2.42. The van der Waals surface area contributed by atoms with Crippen LogP contribution in [0.3, 0.4) is 0 Å². The van der Waals surface area contributed by atoms with Crippen molar-refractivity contribution in [1.29, 1.82) is 0 Å². The van der Waals surface area contributed by atoms with Crippen molar-refractivity contribution < 1.29 is 93.6 Å². The maximum atomic E-state index is 15.0. The van der Waals surface area contributed by atoms with Gasteiger partial charge in [0.15, 0.2) is 0 Å². The van der Waals surface area contributed by atoms with Gasteiger partial charge in [-0.05, 0) is 167 Å². The van der Waals surface area contributed by atoms with Crippen LogP contribution in [-0.2, 0) is 24.4 Å². The first-order valence-electron chi connectivity index (χ1n) is 34.0. The molecule has 14 rings (SSSR count). The van der Waals surface area contributed by atoms with E-state index < -0.39 is 52.6 Å². The number of benzene rings is 8. The molecule has 0 radical (unpaired) electrons. The van der Waals surface area contributed by atoms with Gasteiger partial charge >= 0.3 is 23.9 Å². The molecule has 0 N–H and O–H groups in total. The third-order valence-corrected chi connectivity index (χ3v) is 20.8. The van der Waals surface area contributed by atoms with Gasteiger partial charge in [0.25, 0.3) is 0 Å². The van der Waals surface area contributed by atoms with E-state index in [0.29, 0.717) is 102 Å². The van der Waals surface area contributed by atoms with Crippen molar-refractivity contribution >= 4 is 23.9 Å². The van der Waals surface area contributed by atoms with Gasteiger partial charge in [-0.2, -0.15) is 0 Å². The van der Waals surface area contributed by atoms with E-state index in [9.17, 15) is 28.0 Å². The minimum atomic E-state index is -0.830. The van der Waals surface area contributed by atoms with Crippen LogP contribution in [0, 0.1) is 44.9 Å². The summed E-state index contributed by atoms with van der Waals surface area (Å²) in [4.78, 5) is 52.0. The molecule has 2 aliphatic carbocycles. The monoisotopic (exact) mass is 1380 g/mol. The van der Waals surface area contributed by atoms with Crippen molar-refractivity contribution in [3.05, 3.63) is 213 Å². The average Bonchev–Trinajstić information content (AvgIpc) is 1.58. The van der Waals surface area contributed by atoms with Gasteiger partial charge in [0, 0.05) is 35.6 Å². The molecular formula is C81H78F4O16.